The monoisotopic (exact) mass is 313 g/mol. The number of allylic oxidation sites excluding steroid dienone is 4. The minimum absolute atomic E-state index is 0.388. The minimum atomic E-state index is -0.702. The summed E-state index contributed by atoms with van der Waals surface area (Å²) in [7, 11) is 0. The molecule has 3 heteroatoms. The SMILES string of the molecule is C=C(/C=C/OC(OCC)(c1ccccc1)C1CC1)/C=C(/N)CC. The number of hydrogen-bond donors (Lipinski definition) is 1. The Hall–Kier alpha value is -2.00. The van der Waals surface area contributed by atoms with Crippen molar-refractivity contribution in [1.29, 1.82) is 0 Å². The van der Waals surface area contributed by atoms with Crippen molar-refractivity contribution >= 4 is 0 Å². The van der Waals surface area contributed by atoms with Gasteiger partial charge < -0.3 is 15.2 Å². The van der Waals surface area contributed by atoms with Gasteiger partial charge in [0.2, 0.25) is 5.79 Å². The van der Waals surface area contributed by atoms with Gasteiger partial charge in [-0.05, 0) is 43.9 Å². The Bertz CT molecular complexity index is 573. The summed E-state index contributed by atoms with van der Waals surface area (Å²) in [6.07, 6.45) is 8.42. The summed E-state index contributed by atoms with van der Waals surface area (Å²) in [6.45, 7) is 8.59. The molecule has 1 aromatic rings. The molecule has 1 unspecified atom stereocenters. The molecule has 124 valence electrons. The van der Waals surface area contributed by atoms with Gasteiger partial charge in [-0.3, -0.25) is 0 Å². The quantitative estimate of drug-likeness (QED) is 0.411. The average Bonchev–Trinajstić information content (AvgIpc) is 3.40. The van der Waals surface area contributed by atoms with Gasteiger partial charge in [0.1, 0.15) is 0 Å². The molecule has 1 aliphatic carbocycles. The zero-order valence-corrected chi connectivity index (χ0v) is 14.1. The van der Waals surface area contributed by atoms with Crippen molar-refractivity contribution in [2.24, 2.45) is 11.7 Å². The van der Waals surface area contributed by atoms with Gasteiger partial charge in [0.05, 0.1) is 6.26 Å². The summed E-state index contributed by atoms with van der Waals surface area (Å²) in [5.74, 6) is -0.314. The van der Waals surface area contributed by atoms with Gasteiger partial charge in [0.25, 0.3) is 0 Å². The molecule has 1 aromatic carbocycles. The van der Waals surface area contributed by atoms with E-state index in [9.17, 15) is 0 Å². The summed E-state index contributed by atoms with van der Waals surface area (Å²) in [5, 5.41) is 0. The van der Waals surface area contributed by atoms with Crippen molar-refractivity contribution in [3.63, 3.8) is 0 Å². The smallest absolute Gasteiger partial charge is 0.239 e. The Labute approximate surface area is 139 Å². The molecular weight excluding hydrogens is 286 g/mol. The average molecular weight is 313 g/mol. The summed E-state index contributed by atoms with van der Waals surface area (Å²) in [5.41, 5.74) is 8.51. The topological polar surface area (TPSA) is 44.5 Å². The molecule has 0 heterocycles. The van der Waals surface area contributed by atoms with E-state index in [2.05, 4.69) is 18.7 Å². The molecule has 3 nitrogen and oxygen atoms in total. The molecule has 2 N–H and O–H groups in total. The maximum Gasteiger partial charge on any atom is 0.239 e. The van der Waals surface area contributed by atoms with Crippen molar-refractivity contribution in [3.05, 3.63) is 72.2 Å². The lowest BCUT2D eigenvalue weighted by Gasteiger charge is -2.33. The first-order chi connectivity index (χ1) is 11.1. The zero-order valence-electron chi connectivity index (χ0n) is 14.1. The van der Waals surface area contributed by atoms with Gasteiger partial charge in [-0.1, -0.05) is 43.8 Å². The van der Waals surface area contributed by atoms with Gasteiger partial charge in [0.15, 0.2) is 0 Å². The molecule has 0 bridgehead atoms. The van der Waals surface area contributed by atoms with E-state index in [1.54, 1.807) is 6.26 Å². The third-order valence-electron chi connectivity index (χ3n) is 3.95. The molecule has 0 saturated heterocycles. The van der Waals surface area contributed by atoms with Crippen LogP contribution < -0.4 is 5.73 Å². The molecule has 1 fully saturated rings. The summed E-state index contributed by atoms with van der Waals surface area (Å²) in [6, 6.07) is 10.2. The van der Waals surface area contributed by atoms with E-state index in [-0.39, 0.29) is 0 Å². The van der Waals surface area contributed by atoms with Crippen molar-refractivity contribution < 1.29 is 9.47 Å². The highest BCUT2D eigenvalue weighted by Crippen LogP contribution is 2.49. The Morgan fingerprint density at radius 2 is 2.00 bits per heavy atom. The second-order valence-electron chi connectivity index (χ2n) is 5.81. The van der Waals surface area contributed by atoms with Crippen LogP contribution in [-0.2, 0) is 15.3 Å². The molecule has 1 atom stereocenters. The molecule has 0 spiro atoms. The molecular formula is C20H27NO2. The number of nitrogens with two attached hydrogens (primary N) is 1. The third kappa shape index (κ3) is 4.49. The summed E-state index contributed by atoms with van der Waals surface area (Å²) >= 11 is 0. The van der Waals surface area contributed by atoms with Crippen molar-refractivity contribution in [3.8, 4) is 0 Å². The predicted octanol–water partition coefficient (Wildman–Crippen LogP) is 4.63. The van der Waals surface area contributed by atoms with Gasteiger partial charge in [-0.25, -0.2) is 0 Å². The van der Waals surface area contributed by atoms with Crippen LogP contribution in [-0.4, -0.2) is 6.61 Å². The normalized spacial score (nSPS) is 17.9. The number of ether oxygens (including phenoxy) is 2. The molecule has 1 saturated carbocycles. The molecule has 1 aliphatic rings. The van der Waals surface area contributed by atoms with E-state index >= 15 is 0 Å². The van der Waals surface area contributed by atoms with Crippen LogP contribution in [0.1, 0.15) is 38.7 Å². The van der Waals surface area contributed by atoms with E-state index in [0.717, 1.165) is 36.1 Å². The second kappa shape index (κ2) is 8.02. The standard InChI is InChI=1S/C20H27NO2/c1-4-19(21)15-16(3)13-14-23-20(22-5-2,18-11-12-18)17-9-7-6-8-10-17/h6-10,13-15,18H,3-5,11-12,21H2,1-2H3/b14-13+,19-15+. The maximum absolute atomic E-state index is 6.13. The van der Waals surface area contributed by atoms with Crippen molar-refractivity contribution in [2.75, 3.05) is 6.61 Å². The van der Waals surface area contributed by atoms with Crippen molar-refractivity contribution in [1.82, 2.24) is 0 Å². The minimum Gasteiger partial charge on any atom is -0.465 e. The fraction of sp³-hybridized carbons (Fsp3) is 0.400. The first-order valence-electron chi connectivity index (χ1n) is 8.31. The fourth-order valence-corrected chi connectivity index (χ4v) is 2.59. The highest BCUT2D eigenvalue weighted by molar-refractivity contribution is 5.29. The van der Waals surface area contributed by atoms with Crippen LogP contribution in [0.4, 0.5) is 0 Å². The third-order valence-corrected chi connectivity index (χ3v) is 3.95. The van der Waals surface area contributed by atoms with Gasteiger partial charge in [-0.15, -0.1) is 0 Å². The lowest BCUT2D eigenvalue weighted by atomic mass is 10.0. The van der Waals surface area contributed by atoms with E-state index in [4.69, 9.17) is 15.2 Å². The zero-order chi connectivity index (χ0) is 16.7. The number of rotatable bonds is 9. The Kier molecular flexibility index (Phi) is 6.05. The highest BCUT2D eigenvalue weighted by atomic mass is 16.7. The largest absolute Gasteiger partial charge is 0.465 e. The Morgan fingerprint density at radius 1 is 1.30 bits per heavy atom. The number of benzene rings is 1. The van der Waals surface area contributed by atoms with Crippen LogP contribution in [0.3, 0.4) is 0 Å². The molecule has 0 radical (unpaired) electrons. The van der Waals surface area contributed by atoms with Crippen LogP contribution >= 0.6 is 0 Å². The summed E-state index contributed by atoms with van der Waals surface area (Å²) < 4.78 is 12.2. The van der Waals surface area contributed by atoms with Crippen LogP contribution in [0, 0.1) is 5.92 Å². The summed E-state index contributed by atoms with van der Waals surface area (Å²) in [4.78, 5) is 0. The van der Waals surface area contributed by atoms with E-state index in [1.165, 1.54) is 0 Å². The fourth-order valence-electron chi connectivity index (χ4n) is 2.59. The molecule has 0 aromatic heterocycles. The first kappa shape index (κ1) is 17.4. The van der Waals surface area contributed by atoms with Crippen molar-refractivity contribution in [2.45, 2.75) is 38.9 Å². The van der Waals surface area contributed by atoms with E-state index < -0.39 is 5.79 Å². The van der Waals surface area contributed by atoms with Crippen LogP contribution in [0.15, 0.2) is 66.6 Å². The lowest BCUT2D eigenvalue weighted by Crippen LogP contribution is -2.34. The van der Waals surface area contributed by atoms with Gasteiger partial charge in [0, 0.05) is 23.8 Å². The molecule has 0 amide bonds. The molecule has 0 aliphatic heterocycles. The highest BCUT2D eigenvalue weighted by Gasteiger charge is 2.49. The lowest BCUT2D eigenvalue weighted by molar-refractivity contribution is -0.229. The Morgan fingerprint density at radius 3 is 2.57 bits per heavy atom. The van der Waals surface area contributed by atoms with E-state index in [1.807, 2.05) is 44.2 Å². The van der Waals surface area contributed by atoms with E-state index in [0.29, 0.717) is 12.5 Å². The molecule has 2 rings (SSSR count). The predicted molar refractivity (Wildman–Crippen MR) is 94.4 cm³/mol. The Balaban J connectivity index is 2.17. The maximum atomic E-state index is 6.13. The van der Waals surface area contributed by atoms with Crippen LogP contribution in [0.25, 0.3) is 0 Å². The first-order valence-corrected chi connectivity index (χ1v) is 8.31. The second-order valence-corrected chi connectivity index (χ2v) is 5.81. The number of hydrogen-bond acceptors (Lipinski definition) is 3. The van der Waals surface area contributed by atoms with Gasteiger partial charge in [-0.2, -0.15) is 0 Å². The van der Waals surface area contributed by atoms with Crippen LogP contribution in [0.5, 0.6) is 0 Å². The van der Waals surface area contributed by atoms with Crippen LogP contribution in [0.2, 0.25) is 0 Å². The molecule has 23 heavy (non-hydrogen) atoms. The van der Waals surface area contributed by atoms with Gasteiger partial charge >= 0.3 is 0 Å².